The molecule has 0 saturated carbocycles. The summed E-state index contributed by atoms with van der Waals surface area (Å²) in [5.74, 6) is -0.233. The van der Waals surface area contributed by atoms with Gasteiger partial charge in [0.2, 0.25) is 0 Å². The number of carbonyl (C=O) groups is 1. The number of hydrogen-bond acceptors (Lipinski definition) is 3. The van der Waals surface area contributed by atoms with Gasteiger partial charge in [-0.25, -0.2) is 0 Å². The van der Waals surface area contributed by atoms with Gasteiger partial charge in [0.25, 0.3) is 5.91 Å². The Labute approximate surface area is 195 Å². The Morgan fingerprint density at radius 2 is 1.72 bits per heavy atom. The molecule has 0 radical (unpaired) electrons. The summed E-state index contributed by atoms with van der Waals surface area (Å²) in [7, 11) is 0. The van der Waals surface area contributed by atoms with Crippen molar-refractivity contribution in [1.82, 2.24) is 4.57 Å². The third kappa shape index (κ3) is 3.74. The molecule has 0 bridgehead atoms. The van der Waals surface area contributed by atoms with E-state index in [1.54, 1.807) is 12.1 Å². The average Bonchev–Trinajstić information content (AvgIpc) is 3.27. The smallest absolute Gasteiger partial charge is 0.271 e. The van der Waals surface area contributed by atoms with Crippen molar-refractivity contribution in [2.24, 2.45) is 0 Å². The predicted molar refractivity (Wildman–Crippen MR) is 134 cm³/mol. The number of nitrogens with one attached hydrogen (secondary N) is 1. The average molecular weight is 458 g/mol. The number of halogens is 1. The van der Waals surface area contributed by atoms with Gasteiger partial charge in [-0.15, -0.1) is 0 Å². The van der Waals surface area contributed by atoms with Gasteiger partial charge in [-0.1, -0.05) is 71.8 Å². The number of thioether (sulfide) groups is 1. The maximum Gasteiger partial charge on any atom is 0.271 e. The number of carbonyl (C=O) groups excluding carboxylic acids is 1. The van der Waals surface area contributed by atoms with Crippen molar-refractivity contribution in [3.63, 3.8) is 0 Å². The first-order valence-corrected chi connectivity index (χ1v) is 11.4. The number of amides is 1. The standard InChI is InChI=1S/C26H20ClN3OS/c1-17-10-12-18(13-11-17)15-29-16-19(20-6-2-4-8-22(20)29)14-24-25(31)30(26(28)32-24)23-9-5-3-7-21(23)27/h2-14,16,28H,15H2,1H3/b24-14+,28-26?. The van der Waals surface area contributed by atoms with Gasteiger partial charge < -0.3 is 4.57 Å². The molecule has 1 aromatic heterocycles. The third-order valence-corrected chi connectivity index (χ3v) is 6.70. The molecule has 1 fully saturated rings. The molecule has 1 aliphatic heterocycles. The van der Waals surface area contributed by atoms with Crippen molar-refractivity contribution in [1.29, 1.82) is 5.41 Å². The van der Waals surface area contributed by atoms with E-state index in [0.29, 0.717) is 15.6 Å². The van der Waals surface area contributed by atoms with Gasteiger partial charge >= 0.3 is 0 Å². The van der Waals surface area contributed by atoms with Crippen LogP contribution in [0.15, 0.2) is 83.9 Å². The summed E-state index contributed by atoms with van der Waals surface area (Å²) in [5, 5.41) is 10.0. The lowest BCUT2D eigenvalue weighted by atomic mass is 10.1. The van der Waals surface area contributed by atoms with Crippen LogP contribution in [-0.4, -0.2) is 15.6 Å². The van der Waals surface area contributed by atoms with Crippen molar-refractivity contribution in [3.8, 4) is 0 Å². The van der Waals surface area contributed by atoms with Crippen LogP contribution in [0.25, 0.3) is 17.0 Å². The second-order valence-electron chi connectivity index (χ2n) is 7.72. The monoisotopic (exact) mass is 457 g/mol. The molecule has 3 aromatic carbocycles. The van der Waals surface area contributed by atoms with Crippen LogP contribution in [0.1, 0.15) is 16.7 Å². The molecule has 1 N–H and O–H groups in total. The van der Waals surface area contributed by atoms with Crippen molar-refractivity contribution >= 4 is 57.1 Å². The molecular weight excluding hydrogens is 438 g/mol. The van der Waals surface area contributed by atoms with Crippen LogP contribution >= 0.6 is 23.4 Å². The highest BCUT2D eigenvalue weighted by atomic mass is 35.5. The summed E-state index contributed by atoms with van der Waals surface area (Å²) in [6.45, 7) is 2.82. The Morgan fingerprint density at radius 1 is 1.00 bits per heavy atom. The molecule has 2 heterocycles. The number of amidine groups is 1. The summed E-state index contributed by atoms with van der Waals surface area (Å²) in [5.41, 5.74) is 5.04. The minimum atomic E-state index is -0.233. The maximum absolute atomic E-state index is 13.2. The number of nitrogens with zero attached hydrogens (tertiary/aromatic N) is 2. The summed E-state index contributed by atoms with van der Waals surface area (Å²) in [6, 6.07) is 23.8. The molecule has 32 heavy (non-hydrogen) atoms. The van der Waals surface area contributed by atoms with Crippen LogP contribution in [0.3, 0.4) is 0 Å². The molecule has 1 amide bonds. The van der Waals surface area contributed by atoms with Crippen molar-refractivity contribution in [2.45, 2.75) is 13.5 Å². The Hall–Kier alpha value is -3.28. The number of benzene rings is 3. The van der Waals surface area contributed by atoms with E-state index in [1.165, 1.54) is 16.0 Å². The van der Waals surface area contributed by atoms with Gasteiger partial charge in [0, 0.05) is 29.2 Å². The van der Waals surface area contributed by atoms with Crippen LogP contribution in [0.2, 0.25) is 5.02 Å². The molecule has 4 nitrogen and oxygen atoms in total. The molecule has 0 spiro atoms. The van der Waals surface area contributed by atoms with Crippen LogP contribution in [0.5, 0.6) is 0 Å². The van der Waals surface area contributed by atoms with E-state index in [0.717, 1.165) is 34.8 Å². The highest BCUT2D eigenvalue weighted by Crippen LogP contribution is 2.38. The zero-order valence-corrected chi connectivity index (χ0v) is 19.0. The number of rotatable bonds is 4. The minimum absolute atomic E-state index is 0.151. The molecule has 1 aliphatic rings. The fourth-order valence-corrected chi connectivity index (χ4v) is 4.96. The molecule has 0 unspecified atom stereocenters. The number of fused-ring (bicyclic) bond motifs is 1. The summed E-state index contributed by atoms with van der Waals surface area (Å²) >= 11 is 7.44. The molecule has 158 valence electrons. The first-order chi connectivity index (χ1) is 15.5. The normalized spacial score (nSPS) is 15.3. The number of anilines is 1. The molecule has 1 saturated heterocycles. The highest BCUT2D eigenvalue weighted by molar-refractivity contribution is 8.19. The second kappa shape index (κ2) is 8.34. The first-order valence-electron chi connectivity index (χ1n) is 10.2. The van der Waals surface area contributed by atoms with Gasteiger partial charge in [0.05, 0.1) is 15.6 Å². The number of para-hydroxylation sites is 2. The van der Waals surface area contributed by atoms with E-state index in [-0.39, 0.29) is 11.1 Å². The van der Waals surface area contributed by atoms with Gasteiger partial charge in [-0.05, 0) is 48.5 Å². The van der Waals surface area contributed by atoms with E-state index >= 15 is 0 Å². The molecule has 6 heteroatoms. The lowest BCUT2D eigenvalue weighted by Gasteiger charge is -2.15. The molecule has 5 rings (SSSR count). The Morgan fingerprint density at radius 3 is 2.50 bits per heavy atom. The number of aryl methyl sites for hydroxylation is 1. The topological polar surface area (TPSA) is 49.1 Å². The number of aromatic nitrogens is 1. The second-order valence-corrected chi connectivity index (χ2v) is 9.16. The van der Waals surface area contributed by atoms with E-state index in [2.05, 4.69) is 54.1 Å². The highest BCUT2D eigenvalue weighted by Gasteiger charge is 2.34. The van der Waals surface area contributed by atoms with E-state index in [4.69, 9.17) is 17.0 Å². The van der Waals surface area contributed by atoms with Crippen molar-refractivity contribution in [2.75, 3.05) is 4.90 Å². The van der Waals surface area contributed by atoms with Gasteiger partial charge in [0.15, 0.2) is 5.17 Å². The minimum Gasteiger partial charge on any atom is -0.342 e. The van der Waals surface area contributed by atoms with Crippen molar-refractivity contribution < 1.29 is 4.79 Å². The largest absolute Gasteiger partial charge is 0.342 e. The third-order valence-electron chi connectivity index (χ3n) is 5.50. The number of hydrogen-bond donors (Lipinski definition) is 1. The lowest BCUT2D eigenvalue weighted by Crippen LogP contribution is -2.28. The first kappa shape index (κ1) is 20.6. The molecule has 0 aliphatic carbocycles. The van der Waals surface area contributed by atoms with Crippen LogP contribution in [0, 0.1) is 12.3 Å². The Balaban J connectivity index is 1.53. The van der Waals surface area contributed by atoms with Crippen molar-refractivity contribution in [3.05, 3.63) is 106 Å². The summed E-state index contributed by atoms with van der Waals surface area (Å²) < 4.78 is 2.20. The van der Waals surface area contributed by atoms with Crippen LogP contribution < -0.4 is 4.90 Å². The van der Waals surface area contributed by atoms with Gasteiger partial charge in [0.1, 0.15) is 0 Å². The molecular formula is C26H20ClN3OS. The van der Waals surface area contributed by atoms with Gasteiger partial charge in [-0.2, -0.15) is 0 Å². The van der Waals surface area contributed by atoms with Gasteiger partial charge in [-0.3, -0.25) is 15.1 Å². The van der Waals surface area contributed by atoms with E-state index < -0.39 is 0 Å². The summed E-state index contributed by atoms with van der Waals surface area (Å²) in [4.78, 5) is 15.0. The predicted octanol–water partition coefficient (Wildman–Crippen LogP) is 6.71. The zero-order valence-electron chi connectivity index (χ0n) is 17.4. The molecule has 0 atom stereocenters. The fraction of sp³-hybridized carbons (Fsp3) is 0.0769. The fourth-order valence-electron chi connectivity index (χ4n) is 3.89. The summed E-state index contributed by atoms with van der Waals surface area (Å²) in [6.07, 6.45) is 3.96. The van der Waals surface area contributed by atoms with E-state index in [1.807, 2.05) is 30.3 Å². The zero-order chi connectivity index (χ0) is 22.2. The van der Waals surface area contributed by atoms with Crippen LogP contribution in [0.4, 0.5) is 5.69 Å². The van der Waals surface area contributed by atoms with E-state index in [9.17, 15) is 4.79 Å². The SMILES string of the molecule is Cc1ccc(Cn2cc(/C=C3/SC(=N)N(c4ccccc4Cl)C3=O)c3ccccc32)cc1. The quantitative estimate of drug-likeness (QED) is 0.346. The Kier molecular flexibility index (Phi) is 5.37. The maximum atomic E-state index is 13.2. The molecule has 4 aromatic rings. The lowest BCUT2D eigenvalue weighted by molar-refractivity contribution is -0.113. The van der Waals surface area contributed by atoms with Crippen LogP contribution in [-0.2, 0) is 11.3 Å². The Bertz CT molecular complexity index is 1390.